The van der Waals surface area contributed by atoms with E-state index >= 15 is 0 Å². The molecule has 2 aromatic carbocycles. The molecule has 0 aliphatic heterocycles. The summed E-state index contributed by atoms with van der Waals surface area (Å²) in [6.07, 6.45) is 0. The molecule has 7 nitrogen and oxygen atoms in total. The maximum atomic E-state index is 12.6. The van der Waals surface area contributed by atoms with Crippen molar-refractivity contribution < 1.29 is 19.1 Å². The molecular formula is C21H23N3O4. The molecular weight excluding hydrogens is 358 g/mol. The zero-order chi connectivity index (χ0) is 20.3. The maximum absolute atomic E-state index is 12.6. The summed E-state index contributed by atoms with van der Waals surface area (Å²) < 4.78 is 12.3. The number of carbonyl (C=O) groups excluding carboxylic acids is 2. The molecule has 0 aliphatic rings. The number of fused-ring (bicyclic) bond motifs is 1. The van der Waals surface area contributed by atoms with Gasteiger partial charge in [0.2, 0.25) is 0 Å². The molecule has 1 N–H and O–H groups in total. The van der Waals surface area contributed by atoms with Gasteiger partial charge in [-0.3, -0.25) is 9.59 Å². The van der Waals surface area contributed by atoms with Gasteiger partial charge in [0, 0.05) is 5.56 Å². The first-order chi connectivity index (χ1) is 13.5. The number of nitrogens with one attached hydrogen (secondary N) is 1. The molecule has 0 saturated carbocycles. The first-order valence-corrected chi connectivity index (χ1v) is 8.92. The minimum atomic E-state index is -0.375. The maximum Gasteiger partial charge on any atom is 0.251 e. The molecule has 0 bridgehead atoms. The lowest BCUT2D eigenvalue weighted by molar-refractivity contribution is -0.119. The van der Waals surface area contributed by atoms with Crippen LogP contribution in [0, 0.1) is 0 Å². The van der Waals surface area contributed by atoms with Crippen LogP contribution in [0.4, 0.5) is 0 Å². The van der Waals surface area contributed by atoms with Crippen LogP contribution in [0.1, 0.15) is 36.1 Å². The highest BCUT2D eigenvalue weighted by Crippen LogP contribution is 2.27. The quantitative estimate of drug-likeness (QED) is 0.680. The molecule has 0 aliphatic carbocycles. The van der Waals surface area contributed by atoms with E-state index in [0.717, 1.165) is 11.0 Å². The third-order valence-electron chi connectivity index (χ3n) is 4.70. The van der Waals surface area contributed by atoms with Gasteiger partial charge in [-0.1, -0.05) is 12.1 Å². The first-order valence-electron chi connectivity index (χ1n) is 8.92. The topological polar surface area (TPSA) is 82.5 Å². The number of carbonyl (C=O) groups is 2. The summed E-state index contributed by atoms with van der Waals surface area (Å²) in [6, 6.07) is 12.2. The highest BCUT2D eigenvalue weighted by atomic mass is 16.5. The number of ketones is 1. The van der Waals surface area contributed by atoms with Gasteiger partial charge in [0.25, 0.3) is 5.91 Å². The van der Waals surface area contributed by atoms with Crippen molar-refractivity contribution in [1.82, 2.24) is 14.9 Å². The lowest BCUT2D eigenvalue weighted by Gasteiger charge is -2.15. The Morgan fingerprint density at radius 3 is 2.50 bits per heavy atom. The fourth-order valence-electron chi connectivity index (χ4n) is 3.07. The van der Waals surface area contributed by atoms with E-state index in [0.29, 0.717) is 22.9 Å². The van der Waals surface area contributed by atoms with Gasteiger partial charge >= 0.3 is 0 Å². The molecule has 1 heterocycles. The number of imidazole rings is 1. The number of amides is 1. The Labute approximate surface area is 163 Å². The highest BCUT2D eigenvalue weighted by Gasteiger charge is 2.19. The molecule has 1 atom stereocenters. The fourth-order valence-corrected chi connectivity index (χ4v) is 3.07. The molecule has 1 amide bonds. The van der Waals surface area contributed by atoms with Gasteiger partial charge in [0.05, 0.1) is 37.8 Å². The van der Waals surface area contributed by atoms with E-state index in [1.165, 1.54) is 14.2 Å². The molecule has 1 aromatic heterocycles. The Hall–Kier alpha value is -3.35. The molecule has 0 spiro atoms. The Kier molecular flexibility index (Phi) is 5.63. The van der Waals surface area contributed by atoms with E-state index in [-0.39, 0.29) is 24.3 Å². The van der Waals surface area contributed by atoms with Gasteiger partial charge in [-0.2, -0.15) is 0 Å². The number of para-hydroxylation sites is 2. The van der Waals surface area contributed by atoms with Crippen LogP contribution in [-0.4, -0.2) is 35.5 Å². The Morgan fingerprint density at radius 1 is 1.11 bits per heavy atom. The van der Waals surface area contributed by atoms with Gasteiger partial charge < -0.3 is 19.4 Å². The number of nitrogens with zero attached hydrogens (tertiary/aromatic N) is 2. The predicted octanol–water partition coefficient (Wildman–Crippen LogP) is 3.13. The van der Waals surface area contributed by atoms with Crippen molar-refractivity contribution in [2.24, 2.45) is 0 Å². The standard InChI is InChI=1S/C21H23N3O4/c1-13(14(2)25)24-17-8-6-5-7-16(17)23-20(24)12-22-21(26)15-9-10-18(27-3)19(11-15)28-4/h5-11,13H,12H2,1-4H3,(H,22,26). The number of hydrogen-bond acceptors (Lipinski definition) is 5. The van der Waals surface area contributed by atoms with Crippen molar-refractivity contribution in [2.45, 2.75) is 26.4 Å². The van der Waals surface area contributed by atoms with E-state index in [4.69, 9.17) is 9.47 Å². The van der Waals surface area contributed by atoms with Crippen LogP contribution >= 0.6 is 0 Å². The number of rotatable bonds is 7. The summed E-state index contributed by atoms with van der Waals surface area (Å²) in [7, 11) is 3.06. The summed E-state index contributed by atoms with van der Waals surface area (Å²) in [5.74, 6) is 1.41. The normalized spacial score (nSPS) is 11.9. The van der Waals surface area contributed by atoms with Gasteiger partial charge in [-0.05, 0) is 44.2 Å². The van der Waals surface area contributed by atoms with Crippen molar-refractivity contribution in [3.8, 4) is 11.5 Å². The van der Waals surface area contributed by atoms with Crippen LogP contribution in [0.3, 0.4) is 0 Å². The number of Topliss-reactive ketones (excluding diaryl/α,β-unsaturated/α-hetero) is 1. The number of benzene rings is 2. The molecule has 1 unspecified atom stereocenters. The van der Waals surface area contributed by atoms with E-state index in [1.54, 1.807) is 25.1 Å². The molecule has 28 heavy (non-hydrogen) atoms. The van der Waals surface area contributed by atoms with Crippen LogP contribution in [0.2, 0.25) is 0 Å². The summed E-state index contributed by atoms with van der Waals surface area (Å²) in [5, 5.41) is 2.87. The lowest BCUT2D eigenvalue weighted by atomic mass is 10.2. The van der Waals surface area contributed by atoms with Crippen molar-refractivity contribution >= 4 is 22.7 Å². The third-order valence-corrected chi connectivity index (χ3v) is 4.70. The van der Waals surface area contributed by atoms with Crippen molar-refractivity contribution in [3.05, 3.63) is 53.9 Å². The Morgan fingerprint density at radius 2 is 1.82 bits per heavy atom. The average Bonchev–Trinajstić information content (AvgIpc) is 3.08. The average molecular weight is 381 g/mol. The van der Waals surface area contributed by atoms with Crippen LogP contribution in [-0.2, 0) is 11.3 Å². The van der Waals surface area contributed by atoms with E-state index in [1.807, 2.05) is 35.8 Å². The largest absolute Gasteiger partial charge is 0.493 e. The fraction of sp³-hybridized carbons (Fsp3) is 0.286. The SMILES string of the molecule is COc1ccc(C(=O)NCc2nc3ccccc3n2C(C)C(C)=O)cc1OC. The molecule has 0 radical (unpaired) electrons. The van der Waals surface area contributed by atoms with E-state index < -0.39 is 0 Å². The van der Waals surface area contributed by atoms with Crippen molar-refractivity contribution in [2.75, 3.05) is 14.2 Å². The zero-order valence-electron chi connectivity index (χ0n) is 16.4. The summed E-state index contributed by atoms with van der Waals surface area (Å²) in [6.45, 7) is 3.57. The second-order valence-electron chi connectivity index (χ2n) is 6.43. The van der Waals surface area contributed by atoms with Crippen LogP contribution in [0.15, 0.2) is 42.5 Å². The minimum Gasteiger partial charge on any atom is -0.493 e. The van der Waals surface area contributed by atoms with E-state index in [9.17, 15) is 9.59 Å². The molecule has 0 fully saturated rings. The van der Waals surface area contributed by atoms with Crippen LogP contribution in [0.5, 0.6) is 11.5 Å². The molecule has 0 saturated heterocycles. The van der Waals surface area contributed by atoms with Crippen molar-refractivity contribution in [3.63, 3.8) is 0 Å². The number of hydrogen-bond donors (Lipinski definition) is 1. The van der Waals surface area contributed by atoms with Gasteiger partial charge in [-0.15, -0.1) is 0 Å². The lowest BCUT2D eigenvalue weighted by Crippen LogP contribution is -2.26. The number of ether oxygens (including phenoxy) is 2. The molecule has 7 heteroatoms. The number of aromatic nitrogens is 2. The summed E-state index contributed by atoms with van der Waals surface area (Å²) in [4.78, 5) is 29.2. The summed E-state index contributed by atoms with van der Waals surface area (Å²) >= 11 is 0. The van der Waals surface area contributed by atoms with Crippen LogP contribution in [0.25, 0.3) is 11.0 Å². The zero-order valence-corrected chi connectivity index (χ0v) is 16.4. The van der Waals surface area contributed by atoms with Crippen molar-refractivity contribution in [1.29, 1.82) is 0 Å². The smallest absolute Gasteiger partial charge is 0.251 e. The second-order valence-corrected chi connectivity index (χ2v) is 6.43. The van der Waals surface area contributed by atoms with E-state index in [2.05, 4.69) is 10.3 Å². The number of methoxy groups -OCH3 is 2. The van der Waals surface area contributed by atoms with Gasteiger partial charge in [0.15, 0.2) is 17.3 Å². The monoisotopic (exact) mass is 381 g/mol. The minimum absolute atomic E-state index is 0.0237. The summed E-state index contributed by atoms with van der Waals surface area (Å²) in [5.41, 5.74) is 2.09. The Balaban J connectivity index is 1.86. The van der Waals surface area contributed by atoms with Crippen LogP contribution < -0.4 is 14.8 Å². The first kappa shape index (κ1) is 19.4. The predicted molar refractivity (Wildman–Crippen MR) is 106 cm³/mol. The molecule has 3 aromatic rings. The highest BCUT2D eigenvalue weighted by molar-refractivity contribution is 5.95. The van der Waals surface area contributed by atoms with Gasteiger partial charge in [-0.25, -0.2) is 4.98 Å². The third kappa shape index (κ3) is 3.69. The Bertz CT molecular complexity index is 1030. The van der Waals surface area contributed by atoms with Gasteiger partial charge in [0.1, 0.15) is 5.82 Å². The molecule has 146 valence electrons. The second kappa shape index (κ2) is 8.12. The molecule has 3 rings (SSSR count).